The highest BCUT2D eigenvalue weighted by Gasteiger charge is 2.33. The van der Waals surface area contributed by atoms with Gasteiger partial charge in [0.25, 0.3) is 5.56 Å². The average Bonchev–Trinajstić information content (AvgIpc) is 3.30. The number of aromatic nitrogens is 1. The van der Waals surface area contributed by atoms with Gasteiger partial charge in [0.15, 0.2) is 16.3 Å². The van der Waals surface area contributed by atoms with Crippen LogP contribution in [0.15, 0.2) is 86.2 Å². The van der Waals surface area contributed by atoms with E-state index in [1.54, 1.807) is 56.9 Å². The predicted molar refractivity (Wildman–Crippen MR) is 170 cm³/mol. The quantitative estimate of drug-likeness (QED) is 0.207. The molecule has 2 heterocycles. The normalized spacial score (nSPS) is 14.7. The molecule has 222 valence electrons. The van der Waals surface area contributed by atoms with Crippen molar-refractivity contribution in [2.24, 2.45) is 4.99 Å². The lowest BCUT2D eigenvalue weighted by molar-refractivity contribution is -0.139. The molecular formula is C32H28BrClN2O6S. The second-order valence-electron chi connectivity index (χ2n) is 9.52. The molecule has 0 saturated carbocycles. The molecule has 0 amide bonds. The Kier molecular flexibility index (Phi) is 9.39. The van der Waals surface area contributed by atoms with Gasteiger partial charge in [0.2, 0.25) is 0 Å². The van der Waals surface area contributed by atoms with Crippen LogP contribution in [0.1, 0.15) is 36.6 Å². The Morgan fingerprint density at radius 1 is 1.09 bits per heavy atom. The number of halogens is 2. The molecule has 11 heteroatoms. The first-order chi connectivity index (χ1) is 20.7. The molecule has 0 radical (unpaired) electrons. The molecule has 1 aliphatic rings. The number of nitrogens with zero attached hydrogens (tertiary/aromatic N) is 2. The number of rotatable bonds is 9. The molecule has 3 aromatic carbocycles. The van der Waals surface area contributed by atoms with Crippen LogP contribution in [-0.4, -0.2) is 31.4 Å². The van der Waals surface area contributed by atoms with Crippen LogP contribution in [0.5, 0.6) is 17.2 Å². The van der Waals surface area contributed by atoms with Crippen LogP contribution < -0.4 is 29.1 Å². The zero-order valence-corrected chi connectivity index (χ0v) is 27.0. The maximum absolute atomic E-state index is 14.0. The van der Waals surface area contributed by atoms with Gasteiger partial charge in [-0.05, 0) is 88.9 Å². The van der Waals surface area contributed by atoms with Gasteiger partial charge in [0, 0.05) is 5.02 Å². The molecule has 43 heavy (non-hydrogen) atoms. The number of hydrogen-bond donors (Lipinski definition) is 0. The molecule has 0 spiro atoms. The lowest BCUT2D eigenvalue weighted by atomic mass is 9.96. The lowest BCUT2D eigenvalue weighted by Crippen LogP contribution is -2.39. The molecule has 5 rings (SSSR count). The van der Waals surface area contributed by atoms with Crippen LogP contribution in [0.3, 0.4) is 0 Å². The Morgan fingerprint density at radius 2 is 1.81 bits per heavy atom. The Labute approximate surface area is 265 Å². The van der Waals surface area contributed by atoms with Crippen molar-refractivity contribution in [3.05, 3.63) is 118 Å². The summed E-state index contributed by atoms with van der Waals surface area (Å²) in [5.41, 5.74) is 2.94. The first-order valence-corrected chi connectivity index (χ1v) is 15.3. The summed E-state index contributed by atoms with van der Waals surface area (Å²) in [4.78, 5) is 32.2. The van der Waals surface area contributed by atoms with E-state index in [0.29, 0.717) is 54.0 Å². The second kappa shape index (κ2) is 13.2. The molecule has 0 aliphatic carbocycles. The molecule has 1 aliphatic heterocycles. The van der Waals surface area contributed by atoms with Crippen LogP contribution in [-0.2, 0) is 16.1 Å². The van der Waals surface area contributed by atoms with Crippen molar-refractivity contribution in [2.45, 2.75) is 26.5 Å². The van der Waals surface area contributed by atoms with E-state index in [-0.39, 0.29) is 12.2 Å². The zero-order chi connectivity index (χ0) is 30.7. The van der Waals surface area contributed by atoms with Gasteiger partial charge in [0.05, 0.1) is 47.1 Å². The van der Waals surface area contributed by atoms with Crippen molar-refractivity contribution in [1.29, 1.82) is 0 Å². The van der Waals surface area contributed by atoms with E-state index in [1.165, 1.54) is 11.3 Å². The minimum Gasteiger partial charge on any atom is -0.497 e. The molecule has 0 fully saturated rings. The fourth-order valence-electron chi connectivity index (χ4n) is 4.74. The molecule has 0 N–H and O–H groups in total. The summed E-state index contributed by atoms with van der Waals surface area (Å²) in [7, 11) is 3.14. The SMILES string of the molecule is CCOC(=O)C1=C(C)N=c2sc(=Cc3cc(Br)c(OCc4ccc(Cl)cc4)c(OC)c3)c(=O)n2C1c1ccc(OC)cc1. The molecule has 4 aromatic rings. The molecule has 8 nitrogen and oxygen atoms in total. The van der Waals surface area contributed by atoms with Crippen LogP contribution in [0, 0.1) is 0 Å². The Balaban J connectivity index is 1.56. The largest absolute Gasteiger partial charge is 0.497 e. The van der Waals surface area contributed by atoms with Crippen molar-refractivity contribution < 1.29 is 23.7 Å². The van der Waals surface area contributed by atoms with E-state index in [2.05, 4.69) is 20.9 Å². The lowest BCUT2D eigenvalue weighted by Gasteiger charge is -2.24. The zero-order valence-electron chi connectivity index (χ0n) is 23.9. The van der Waals surface area contributed by atoms with E-state index in [9.17, 15) is 9.59 Å². The van der Waals surface area contributed by atoms with E-state index < -0.39 is 12.0 Å². The van der Waals surface area contributed by atoms with Gasteiger partial charge in [0.1, 0.15) is 12.4 Å². The topological polar surface area (TPSA) is 88.4 Å². The number of fused-ring (bicyclic) bond motifs is 1. The summed E-state index contributed by atoms with van der Waals surface area (Å²) in [5, 5.41) is 0.653. The smallest absolute Gasteiger partial charge is 0.338 e. The highest BCUT2D eigenvalue weighted by atomic mass is 79.9. The van der Waals surface area contributed by atoms with Gasteiger partial charge in [-0.15, -0.1) is 0 Å². The highest BCUT2D eigenvalue weighted by Crippen LogP contribution is 2.37. The third-order valence-corrected chi connectivity index (χ3v) is 8.62. The van der Waals surface area contributed by atoms with Crippen molar-refractivity contribution in [2.75, 3.05) is 20.8 Å². The molecule has 1 aromatic heterocycles. The van der Waals surface area contributed by atoms with E-state index in [4.69, 9.17) is 30.5 Å². The fourth-order valence-corrected chi connectivity index (χ4v) is 6.49. The summed E-state index contributed by atoms with van der Waals surface area (Å²) in [6.45, 7) is 4.01. The van der Waals surface area contributed by atoms with Crippen LogP contribution in [0.4, 0.5) is 0 Å². The fraction of sp³-hybridized carbons (Fsp3) is 0.219. The van der Waals surface area contributed by atoms with Crippen molar-refractivity contribution in [3.8, 4) is 17.2 Å². The average molecular weight is 684 g/mol. The summed E-state index contributed by atoms with van der Waals surface area (Å²) in [5.74, 6) is 1.18. The van der Waals surface area contributed by atoms with Crippen molar-refractivity contribution in [3.63, 3.8) is 0 Å². The number of hydrogen-bond acceptors (Lipinski definition) is 8. The number of benzene rings is 3. The third kappa shape index (κ3) is 6.41. The molecule has 0 saturated heterocycles. The number of allylic oxidation sites excluding steroid dienone is 1. The molecule has 1 unspecified atom stereocenters. The van der Waals surface area contributed by atoms with Crippen LogP contribution in [0.25, 0.3) is 6.08 Å². The number of methoxy groups -OCH3 is 2. The van der Waals surface area contributed by atoms with Crippen molar-refractivity contribution in [1.82, 2.24) is 4.57 Å². The maximum Gasteiger partial charge on any atom is 0.338 e. The van der Waals surface area contributed by atoms with Crippen LogP contribution in [0.2, 0.25) is 5.02 Å². The first kappa shape index (κ1) is 30.6. The minimum absolute atomic E-state index is 0.200. The third-order valence-electron chi connectivity index (χ3n) is 6.79. The van der Waals surface area contributed by atoms with Gasteiger partial charge in [-0.2, -0.15) is 0 Å². The molecule has 0 bridgehead atoms. The standard InChI is InChI=1S/C32H28BrClN2O6S/c1-5-41-31(38)27-18(2)35-32-36(28(27)21-8-12-23(39-3)13-9-21)30(37)26(43-32)16-20-14-24(33)29(25(15-20)40-4)42-17-19-6-10-22(34)11-7-19/h6-16,28H,5,17H2,1-4H3. The number of thiazole rings is 1. The van der Waals surface area contributed by atoms with E-state index in [0.717, 1.165) is 16.7 Å². The number of esters is 1. The summed E-state index contributed by atoms with van der Waals surface area (Å²) in [6, 6.07) is 17.6. The summed E-state index contributed by atoms with van der Waals surface area (Å²) < 4.78 is 25.0. The Morgan fingerprint density at radius 3 is 2.47 bits per heavy atom. The van der Waals surface area contributed by atoms with E-state index in [1.807, 2.05) is 42.5 Å². The second-order valence-corrected chi connectivity index (χ2v) is 11.8. The molecular weight excluding hydrogens is 656 g/mol. The monoisotopic (exact) mass is 682 g/mol. The Hall–Kier alpha value is -3.86. The number of carbonyl (C=O) groups is 1. The number of ether oxygens (including phenoxy) is 4. The van der Waals surface area contributed by atoms with Gasteiger partial charge >= 0.3 is 5.97 Å². The maximum atomic E-state index is 14.0. The highest BCUT2D eigenvalue weighted by molar-refractivity contribution is 9.10. The van der Waals surface area contributed by atoms with Gasteiger partial charge in [-0.3, -0.25) is 9.36 Å². The van der Waals surface area contributed by atoms with Crippen molar-refractivity contribution >= 4 is 50.9 Å². The van der Waals surface area contributed by atoms with Gasteiger partial charge in [-0.1, -0.05) is 47.2 Å². The number of carbonyl (C=O) groups excluding carboxylic acids is 1. The Bertz CT molecular complexity index is 1880. The van der Waals surface area contributed by atoms with E-state index >= 15 is 0 Å². The summed E-state index contributed by atoms with van der Waals surface area (Å²) in [6.07, 6.45) is 1.77. The van der Waals surface area contributed by atoms with Crippen LogP contribution >= 0.6 is 38.9 Å². The van der Waals surface area contributed by atoms with Gasteiger partial charge in [-0.25, -0.2) is 9.79 Å². The van der Waals surface area contributed by atoms with Gasteiger partial charge < -0.3 is 18.9 Å². The minimum atomic E-state index is -0.715. The first-order valence-electron chi connectivity index (χ1n) is 13.3. The molecule has 1 atom stereocenters. The summed E-state index contributed by atoms with van der Waals surface area (Å²) >= 11 is 10.8. The predicted octanol–water partition coefficient (Wildman–Crippen LogP) is 5.81.